The van der Waals surface area contributed by atoms with Crippen LogP contribution in [0.2, 0.25) is 0 Å². The van der Waals surface area contributed by atoms with E-state index in [9.17, 15) is 9.90 Å². The highest BCUT2D eigenvalue weighted by atomic mass is 16.4. The summed E-state index contributed by atoms with van der Waals surface area (Å²) in [4.78, 5) is 17.5. The highest BCUT2D eigenvalue weighted by Gasteiger charge is 2.25. The number of hydrogen-bond acceptors (Lipinski definition) is 3. The van der Waals surface area contributed by atoms with Crippen molar-refractivity contribution in [2.24, 2.45) is 5.92 Å². The molecule has 1 amide bonds. The molecule has 1 aliphatic heterocycles. The Morgan fingerprint density at radius 1 is 1.48 bits per heavy atom. The molecule has 0 radical (unpaired) electrons. The zero-order chi connectivity index (χ0) is 15.6. The SMILES string of the molecule is CC[C@H]1Cc2ccc(NC(C)(C)C)nc2CN(C(=O)O)C1. The summed E-state index contributed by atoms with van der Waals surface area (Å²) in [5, 5.41) is 12.7. The molecule has 2 N–H and O–H groups in total. The summed E-state index contributed by atoms with van der Waals surface area (Å²) >= 11 is 0. The van der Waals surface area contributed by atoms with E-state index < -0.39 is 6.09 Å². The van der Waals surface area contributed by atoms with Gasteiger partial charge in [0.2, 0.25) is 0 Å². The second-order valence-electron chi connectivity index (χ2n) is 6.82. The first-order valence-corrected chi connectivity index (χ1v) is 7.53. The number of aromatic nitrogens is 1. The Balaban J connectivity index is 2.30. The van der Waals surface area contributed by atoms with E-state index in [1.807, 2.05) is 6.07 Å². The molecule has 0 unspecified atom stereocenters. The van der Waals surface area contributed by atoms with Gasteiger partial charge in [-0.1, -0.05) is 19.4 Å². The second-order valence-corrected chi connectivity index (χ2v) is 6.82. The second kappa shape index (κ2) is 5.92. The van der Waals surface area contributed by atoms with Crippen LogP contribution in [0.1, 0.15) is 45.4 Å². The van der Waals surface area contributed by atoms with Crippen molar-refractivity contribution in [2.45, 2.75) is 52.6 Å². The van der Waals surface area contributed by atoms with Crippen LogP contribution in [0, 0.1) is 5.92 Å². The lowest BCUT2D eigenvalue weighted by atomic mass is 9.97. The van der Waals surface area contributed by atoms with Gasteiger partial charge < -0.3 is 15.3 Å². The van der Waals surface area contributed by atoms with Crippen LogP contribution in [-0.4, -0.2) is 33.2 Å². The van der Waals surface area contributed by atoms with E-state index in [0.29, 0.717) is 19.0 Å². The Kier molecular flexibility index (Phi) is 4.40. The molecule has 0 spiro atoms. The average molecular weight is 291 g/mol. The maximum Gasteiger partial charge on any atom is 0.407 e. The van der Waals surface area contributed by atoms with Crippen molar-refractivity contribution in [2.75, 3.05) is 11.9 Å². The van der Waals surface area contributed by atoms with Gasteiger partial charge >= 0.3 is 6.09 Å². The van der Waals surface area contributed by atoms with E-state index in [-0.39, 0.29) is 5.54 Å². The standard InChI is InChI=1S/C16H25N3O2/c1-5-11-8-12-6-7-14(18-16(2,3)4)17-13(12)10-19(9-11)15(20)21/h6-7,11H,5,8-10H2,1-4H3,(H,17,18)(H,20,21)/t11-/m0/s1. The molecule has 1 atom stereocenters. The maximum absolute atomic E-state index is 11.4. The van der Waals surface area contributed by atoms with E-state index >= 15 is 0 Å². The number of carbonyl (C=O) groups is 1. The van der Waals surface area contributed by atoms with E-state index in [1.54, 1.807) is 0 Å². The zero-order valence-corrected chi connectivity index (χ0v) is 13.3. The van der Waals surface area contributed by atoms with Gasteiger partial charge in [0.25, 0.3) is 0 Å². The van der Waals surface area contributed by atoms with Gasteiger partial charge in [0.15, 0.2) is 0 Å². The molecule has 0 aromatic carbocycles. The molecule has 0 saturated carbocycles. The van der Waals surface area contributed by atoms with Crippen molar-refractivity contribution >= 4 is 11.9 Å². The first-order chi connectivity index (χ1) is 9.78. The van der Waals surface area contributed by atoms with Crippen molar-refractivity contribution in [3.8, 4) is 0 Å². The summed E-state index contributed by atoms with van der Waals surface area (Å²) in [5.74, 6) is 1.17. The lowest BCUT2D eigenvalue weighted by Gasteiger charge is -2.22. The Labute approximate surface area is 126 Å². The van der Waals surface area contributed by atoms with Gasteiger partial charge in [-0.2, -0.15) is 0 Å². The quantitative estimate of drug-likeness (QED) is 0.877. The molecule has 5 nitrogen and oxygen atoms in total. The van der Waals surface area contributed by atoms with Crippen LogP contribution in [0.15, 0.2) is 12.1 Å². The molecule has 2 rings (SSSR count). The summed E-state index contributed by atoms with van der Waals surface area (Å²) in [6.45, 7) is 9.31. The van der Waals surface area contributed by atoms with E-state index in [4.69, 9.17) is 0 Å². The number of hydrogen-bond donors (Lipinski definition) is 2. The third kappa shape index (κ3) is 4.09. The predicted octanol–water partition coefficient (Wildman–Crippen LogP) is 3.35. The molecule has 21 heavy (non-hydrogen) atoms. The van der Waals surface area contributed by atoms with Gasteiger partial charge in [-0.05, 0) is 44.7 Å². The number of pyridine rings is 1. The maximum atomic E-state index is 11.4. The molecule has 5 heteroatoms. The Bertz CT molecular complexity index is 523. The van der Waals surface area contributed by atoms with Gasteiger partial charge in [-0.25, -0.2) is 9.78 Å². The lowest BCUT2D eigenvalue weighted by molar-refractivity contribution is 0.134. The predicted molar refractivity (Wildman–Crippen MR) is 83.5 cm³/mol. The topological polar surface area (TPSA) is 65.5 Å². The lowest BCUT2D eigenvalue weighted by Crippen LogP contribution is -2.32. The van der Waals surface area contributed by atoms with Gasteiger partial charge in [0, 0.05) is 12.1 Å². The van der Waals surface area contributed by atoms with Gasteiger partial charge in [0.05, 0.1) is 12.2 Å². The normalized spacial score (nSPS) is 18.9. The highest BCUT2D eigenvalue weighted by Crippen LogP contribution is 2.25. The van der Waals surface area contributed by atoms with E-state index in [0.717, 1.165) is 24.4 Å². The molecule has 1 aliphatic rings. The minimum absolute atomic E-state index is 0.0651. The number of amides is 1. The smallest absolute Gasteiger partial charge is 0.407 e. The zero-order valence-electron chi connectivity index (χ0n) is 13.3. The van der Waals surface area contributed by atoms with Crippen LogP contribution in [0.4, 0.5) is 10.6 Å². The van der Waals surface area contributed by atoms with Crippen molar-refractivity contribution in [3.63, 3.8) is 0 Å². The van der Waals surface area contributed by atoms with Crippen LogP contribution in [0.3, 0.4) is 0 Å². The Hall–Kier alpha value is -1.78. The largest absolute Gasteiger partial charge is 0.465 e. The minimum Gasteiger partial charge on any atom is -0.465 e. The molecule has 116 valence electrons. The third-order valence-corrected chi connectivity index (χ3v) is 3.75. The van der Waals surface area contributed by atoms with Crippen LogP contribution in [-0.2, 0) is 13.0 Å². The summed E-state index contributed by atoms with van der Waals surface area (Å²) < 4.78 is 0. The van der Waals surface area contributed by atoms with Crippen LogP contribution >= 0.6 is 0 Å². The first-order valence-electron chi connectivity index (χ1n) is 7.53. The molecule has 0 aliphatic carbocycles. The van der Waals surface area contributed by atoms with Crippen molar-refractivity contribution in [1.82, 2.24) is 9.88 Å². The summed E-state index contributed by atoms with van der Waals surface area (Å²) in [5.41, 5.74) is 1.98. The fraction of sp³-hybridized carbons (Fsp3) is 0.625. The van der Waals surface area contributed by atoms with Crippen molar-refractivity contribution < 1.29 is 9.90 Å². The van der Waals surface area contributed by atoms with Crippen LogP contribution < -0.4 is 5.32 Å². The van der Waals surface area contributed by atoms with Gasteiger partial charge in [-0.3, -0.25) is 0 Å². The first kappa shape index (κ1) is 15.6. The van der Waals surface area contributed by atoms with Crippen molar-refractivity contribution in [1.29, 1.82) is 0 Å². The van der Waals surface area contributed by atoms with Crippen LogP contribution in [0.25, 0.3) is 0 Å². The molecule has 1 aromatic rings. The minimum atomic E-state index is -0.864. The van der Waals surface area contributed by atoms with Gasteiger partial charge in [0.1, 0.15) is 5.82 Å². The Morgan fingerprint density at radius 3 is 2.76 bits per heavy atom. The molecule has 1 aromatic heterocycles. The average Bonchev–Trinajstić information content (AvgIpc) is 2.55. The van der Waals surface area contributed by atoms with Crippen LogP contribution in [0.5, 0.6) is 0 Å². The van der Waals surface area contributed by atoms with E-state index in [2.05, 4.69) is 44.1 Å². The fourth-order valence-corrected chi connectivity index (χ4v) is 2.66. The molecule has 0 fully saturated rings. The number of fused-ring (bicyclic) bond motifs is 1. The molecule has 0 bridgehead atoms. The van der Waals surface area contributed by atoms with E-state index in [1.165, 1.54) is 10.5 Å². The third-order valence-electron chi connectivity index (χ3n) is 3.75. The fourth-order valence-electron chi connectivity index (χ4n) is 2.66. The molecular weight excluding hydrogens is 266 g/mol. The summed E-state index contributed by atoms with van der Waals surface area (Å²) in [6, 6.07) is 4.08. The van der Waals surface area contributed by atoms with Crippen molar-refractivity contribution in [3.05, 3.63) is 23.4 Å². The molecular formula is C16H25N3O2. The number of nitrogens with zero attached hydrogens (tertiary/aromatic N) is 2. The summed E-state index contributed by atoms with van der Waals surface area (Å²) in [6.07, 6.45) is 1.01. The highest BCUT2D eigenvalue weighted by molar-refractivity contribution is 5.65. The number of anilines is 1. The number of rotatable bonds is 2. The number of carboxylic acid groups (broad SMARTS) is 1. The molecule has 0 saturated heterocycles. The van der Waals surface area contributed by atoms with Gasteiger partial charge in [-0.15, -0.1) is 0 Å². The monoisotopic (exact) mass is 291 g/mol. The summed E-state index contributed by atoms with van der Waals surface area (Å²) in [7, 11) is 0. The number of nitrogens with one attached hydrogen (secondary N) is 1. The Morgan fingerprint density at radius 2 is 2.19 bits per heavy atom. The molecule has 2 heterocycles.